The molecule has 0 atom stereocenters. The normalized spacial score (nSPS) is 10.8. The third-order valence-electron chi connectivity index (χ3n) is 3.25. The second-order valence-corrected chi connectivity index (χ2v) is 4.50. The second kappa shape index (κ2) is 5.38. The fraction of sp³-hybridized carbons (Fsp3) is 0.308. The minimum atomic E-state index is -0.548. The van der Waals surface area contributed by atoms with Crippen LogP contribution in [0.2, 0.25) is 0 Å². The number of aliphatic hydroxyl groups excluding tert-OH is 1. The number of aromatic nitrogens is 2. The van der Waals surface area contributed by atoms with Crippen molar-refractivity contribution in [1.82, 2.24) is 9.78 Å². The average Bonchev–Trinajstić information content (AvgIpc) is 2.63. The summed E-state index contributed by atoms with van der Waals surface area (Å²) in [6, 6.07) is 3.33. The number of hydrogen-bond acceptors (Lipinski definition) is 4. The van der Waals surface area contributed by atoms with Gasteiger partial charge in [0.05, 0.1) is 29.3 Å². The van der Waals surface area contributed by atoms with Gasteiger partial charge in [-0.2, -0.15) is 5.10 Å². The summed E-state index contributed by atoms with van der Waals surface area (Å²) in [5.41, 5.74) is 2.14. The highest BCUT2D eigenvalue weighted by Crippen LogP contribution is 2.22. The van der Waals surface area contributed by atoms with Gasteiger partial charge in [0.2, 0.25) is 0 Å². The van der Waals surface area contributed by atoms with Crippen molar-refractivity contribution < 1.29 is 14.4 Å². The molecule has 1 aromatic heterocycles. The van der Waals surface area contributed by atoms with Gasteiger partial charge in [0.15, 0.2) is 0 Å². The lowest BCUT2D eigenvalue weighted by Gasteiger charge is -2.06. The molecule has 1 aromatic carbocycles. The molecule has 2 rings (SSSR count). The number of benzene rings is 1. The first-order valence-corrected chi connectivity index (χ1v) is 6.00. The molecule has 7 heteroatoms. The molecule has 0 fully saturated rings. The largest absolute Gasteiger partial charge is 0.392 e. The van der Waals surface area contributed by atoms with Gasteiger partial charge in [-0.25, -0.2) is 4.39 Å². The number of nitro benzene ring substituents is 1. The Hall–Kier alpha value is -2.28. The van der Waals surface area contributed by atoms with Crippen LogP contribution in [0.15, 0.2) is 18.2 Å². The maximum absolute atomic E-state index is 13.3. The van der Waals surface area contributed by atoms with Crippen molar-refractivity contribution in [3.63, 3.8) is 0 Å². The first-order chi connectivity index (χ1) is 9.43. The van der Waals surface area contributed by atoms with E-state index in [1.807, 2.05) is 0 Å². The van der Waals surface area contributed by atoms with E-state index < -0.39 is 10.7 Å². The molecule has 0 saturated heterocycles. The molecule has 0 radical (unpaired) electrons. The molecule has 2 aromatic rings. The Labute approximate surface area is 114 Å². The van der Waals surface area contributed by atoms with Crippen LogP contribution in [-0.4, -0.2) is 19.8 Å². The Bertz CT molecular complexity index is 667. The first kappa shape index (κ1) is 14.1. The van der Waals surface area contributed by atoms with Crippen LogP contribution >= 0.6 is 0 Å². The smallest absolute Gasteiger partial charge is 0.274 e. The van der Waals surface area contributed by atoms with E-state index in [0.29, 0.717) is 17.0 Å². The zero-order valence-electron chi connectivity index (χ0n) is 11.1. The molecule has 1 heterocycles. The molecular weight excluding hydrogens is 265 g/mol. The molecule has 6 nitrogen and oxygen atoms in total. The number of halogens is 1. The minimum absolute atomic E-state index is 0.0841. The van der Waals surface area contributed by atoms with Crippen molar-refractivity contribution in [2.45, 2.75) is 27.0 Å². The van der Waals surface area contributed by atoms with E-state index in [0.717, 1.165) is 18.2 Å². The molecule has 0 aliphatic rings. The lowest BCUT2D eigenvalue weighted by Crippen LogP contribution is -2.07. The summed E-state index contributed by atoms with van der Waals surface area (Å²) in [6.07, 6.45) is 0. The summed E-state index contributed by atoms with van der Waals surface area (Å²) >= 11 is 0. The predicted octanol–water partition coefficient (Wildman–Crippen LogP) is 2.09. The van der Waals surface area contributed by atoms with Crippen molar-refractivity contribution in [3.8, 4) is 0 Å². The lowest BCUT2D eigenvalue weighted by atomic mass is 10.1. The van der Waals surface area contributed by atoms with E-state index in [4.69, 9.17) is 0 Å². The number of hydrogen-bond donors (Lipinski definition) is 1. The number of rotatable bonds is 4. The highest BCUT2D eigenvalue weighted by Gasteiger charge is 2.17. The molecule has 0 aliphatic heterocycles. The summed E-state index contributed by atoms with van der Waals surface area (Å²) in [6.45, 7) is 3.44. The van der Waals surface area contributed by atoms with Gasteiger partial charge in [0.1, 0.15) is 5.82 Å². The molecule has 106 valence electrons. The molecule has 20 heavy (non-hydrogen) atoms. The van der Waals surface area contributed by atoms with E-state index in [-0.39, 0.29) is 24.4 Å². The second-order valence-electron chi connectivity index (χ2n) is 4.50. The summed E-state index contributed by atoms with van der Waals surface area (Å²) in [7, 11) is 0. The van der Waals surface area contributed by atoms with Crippen molar-refractivity contribution in [2.75, 3.05) is 0 Å². The van der Waals surface area contributed by atoms with Crippen LogP contribution in [0.1, 0.15) is 22.5 Å². The van der Waals surface area contributed by atoms with Crippen molar-refractivity contribution in [2.24, 2.45) is 0 Å². The Morgan fingerprint density at radius 1 is 1.45 bits per heavy atom. The molecule has 0 spiro atoms. The fourth-order valence-electron chi connectivity index (χ4n) is 2.14. The number of nitrogens with zero attached hydrogens (tertiary/aromatic N) is 3. The number of nitro groups is 1. The average molecular weight is 279 g/mol. The van der Waals surface area contributed by atoms with Crippen LogP contribution in [0.4, 0.5) is 10.1 Å². The monoisotopic (exact) mass is 279 g/mol. The Morgan fingerprint density at radius 2 is 2.15 bits per heavy atom. The van der Waals surface area contributed by atoms with Gasteiger partial charge >= 0.3 is 0 Å². The number of aliphatic hydroxyl groups is 1. The maximum Gasteiger partial charge on any atom is 0.274 e. The summed E-state index contributed by atoms with van der Waals surface area (Å²) in [5, 5.41) is 24.4. The summed E-state index contributed by atoms with van der Waals surface area (Å²) < 4.78 is 14.8. The third kappa shape index (κ3) is 2.53. The third-order valence-corrected chi connectivity index (χ3v) is 3.25. The fourth-order valence-corrected chi connectivity index (χ4v) is 2.14. The molecule has 0 saturated carbocycles. The van der Waals surface area contributed by atoms with Crippen LogP contribution in [0.5, 0.6) is 0 Å². The van der Waals surface area contributed by atoms with Crippen LogP contribution in [0.3, 0.4) is 0 Å². The van der Waals surface area contributed by atoms with Gasteiger partial charge in [-0.05, 0) is 26.0 Å². The molecular formula is C13H14FN3O3. The minimum Gasteiger partial charge on any atom is -0.392 e. The predicted molar refractivity (Wildman–Crippen MR) is 69.8 cm³/mol. The van der Waals surface area contributed by atoms with Crippen LogP contribution < -0.4 is 0 Å². The van der Waals surface area contributed by atoms with E-state index in [1.54, 1.807) is 13.8 Å². The molecule has 0 amide bonds. The zero-order chi connectivity index (χ0) is 14.9. The SMILES string of the molecule is Cc1nn(Cc2cc(F)ccc2[N+](=O)[O-])c(C)c1CO. The quantitative estimate of drug-likeness (QED) is 0.686. The zero-order valence-corrected chi connectivity index (χ0v) is 11.1. The topological polar surface area (TPSA) is 81.2 Å². The molecule has 0 aliphatic carbocycles. The number of aryl methyl sites for hydroxylation is 1. The first-order valence-electron chi connectivity index (χ1n) is 6.00. The summed E-state index contributed by atoms with van der Waals surface area (Å²) in [5.74, 6) is -0.533. The molecule has 0 bridgehead atoms. The standard InChI is InChI=1S/C13H14FN3O3/c1-8-12(7-18)9(2)16(15-8)6-10-5-11(14)3-4-13(10)17(19)20/h3-5,18H,6-7H2,1-2H3. The highest BCUT2D eigenvalue weighted by atomic mass is 19.1. The Kier molecular flexibility index (Phi) is 3.80. The van der Waals surface area contributed by atoms with Crippen molar-refractivity contribution in [1.29, 1.82) is 0 Å². The molecule has 0 unspecified atom stereocenters. The molecule has 1 N–H and O–H groups in total. The maximum atomic E-state index is 13.3. The Morgan fingerprint density at radius 3 is 2.70 bits per heavy atom. The van der Waals surface area contributed by atoms with Gasteiger partial charge in [-0.3, -0.25) is 14.8 Å². The van der Waals surface area contributed by atoms with Crippen LogP contribution in [0.25, 0.3) is 0 Å². The van der Waals surface area contributed by atoms with Gasteiger partial charge in [-0.1, -0.05) is 0 Å². The Balaban J connectivity index is 2.44. The van der Waals surface area contributed by atoms with Crippen molar-refractivity contribution in [3.05, 3.63) is 56.6 Å². The van der Waals surface area contributed by atoms with Gasteiger partial charge < -0.3 is 5.11 Å². The van der Waals surface area contributed by atoms with Crippen molar-refractivity contribution >= 4 is 5.69 Å². The van der Waals surface area contributed by atoms with Gasteiger partial charge in [0, 0.05) is 17.3 Å². The summed E-state index contributed by atoms with van der Waals surface area (Å²) in [4.78, 5) is 10.4. The lowest BCUT2D eigenvalue weighted by molar-refractivity contribution is -0.385. The van der Waals surface area contributed by atoms with E-state index in [1.165, 1.54) is 4.68 Å². The van der Waals surface area contributed by atoms with E-state index >= 15 is 0 Å². The highest BCUT2D eigenvalue weighted by molar-refractivity contribution is 5.40. The van der Waals surface area contributed by atoms with Gasteiger partial charge in [0.25, 0.3) is 5.69 Å². The van der Waals surface area contributed by atoms with Gasteiger partial charge in [-0.15, -0.1) is 0 Å². The van der Waals surface area contributed by atoms with Crippen LogP contribution in [-0.2, 0) is 13.2 Å². The van der Waals surface area contributed by atoms with E-state index in [2.05, 4.69) is 5.10 Å². The van der Waals surface area contributed by atoms with Crippen LogP contribution in [0, 0.1) is 29.8 Å². The van der Waals surface area contributed by atoms with E-state index in [9.17, 15) is 19.6 Å².